The molecule has 2 aromatic rings. The van der Waals surface area contributed by atoms with Crippen LogP contribution >= 0.6 is 0 Å². The van der Waals surface area contributed by atoms with Gasteiger partial charge in [-0.2, -0.15) is 18.4 Å². The van der Waals surface area contributed by atoms with Gasteiger partial charge in [-0.25, -0.2) is 0 Å². The van der Waals surface area contributed by atoms with Gasteiger partial charge in [-0.05, 0) is 43.5 Å². The van der Waals surface area contributed by atoms with Gasteiger partial charge in [-0.1, -0.05) is 36.4 Å². The molecule has 0 bridgehead atoms. The number of hydrogen-bond acceptors (Lipinski definition) is 2. The van der Waals surface area contributed by atoms with Crippen molar-refractivity contribution in [1.82, 2.24) is 0 Å². The molecule has 0 saturated carbocycles. The van der Waals surface area contributed by atoms with E-state index in [0.717, 1.165) is 11.6 Å². The SMILES string of the molecule is Cc1cc(C(C)(C)C#N)c(C(F)(F)F)cc1OCc1ccccc1. The van der Waals surface area contributed by atoms with Gasteiger partial charge in [0.05, 0.1) is 17.0 Å². The van der Waals surface area contributed by atoms with E-state index in [1.165, 1.54) is 19.9 Å². The number of hydrogen-bond donors (Lipinski definition) is 0. The zero-order chi connectivity index (χ0) is 18.0. The Morgan fingerprint density at radius 2 is 1.67 bits per heavy atom. The molecule has 24 heavy (non-hydrogen) atoms. The van der Waals surface area contributed by atoms with Crippen LogP contribution in [0.5, 0.6) is 5.75 Å². The standard InChI is InChI=1S/C19H18F3NO/c1-13-9-15(18(2,3)12-23)16(19(20,21)22)10-17(13)24-11-14-7-5-4-6-8-14/h4-10H,11H2,1-3H3. The normalized spacial score (nSPS) is 11.9. The lowest BCUT2D eigenvalue weighted by Gasteiger charge is -2.24. The van der Waals surface area contributed by atoms with Crippen molar-refractivity contribution in [2.24, 2.45) is 0 Å². The number of aryl methyl sites for hydroxylation is 1. The fourth-order valence-corrected chi connectivity index (χ4v) is 2.39. The molecule has 0 fully saturated rings. The van der Waals surface area contributed by atoms with Crippen LogP contribution in [0.1, 0.15) is 36.1 Å². The summed E-state index contributed by atoms with van der Waals surface area (Å²) in [6.07, 6.45) is -4.55. The van der Waals surface area contributed by atoms with Crippen LogP contribution in [0.4, 0.5) is 13.2 Å². The van der Waals surface area contributed by atoms with Crippen molar-refractivity contribution in [2.45, 2.75) is 39.0 Å². The van der Waals surface area contributed by atoms with Crippen LogP contribution in [0.2, 0.25) is 0 Å². The molecule has 0 spiro atoms. The molecule has 5 heteroatoms. The van der Waals surface area contributed by atoms with Gasteiger partial charge in [-0.15, -0.1) is 0 Å². The molecule has 0 aliphatic rings. The maximum Gasteiger partial charge on any atom is 0.416 e. The molecule has 126 valence electrons. The fourth-order valence-electron chi connectivity index (χ4n) is 2.39. The number of nitriles is 1. The number of ether oxygens (including phenoxy) is 1. The lowest BCUT2D eigenvalue weighted by molar-refractivity contribution is -0.138. The average molecular weight is 333 g/mol. The molecule has 2 nitrogen and oxygen atoms in total. The number of alkyl halides is 3. The van der Waals surface area contributed by atoms with Crippen LogP contribution < -0.4 is 4.74 Å². The van der Waals surface area contributed by atoms with Gasteiger partial charge in [-0.3, -0.25) is 0 Å². The highest BCUT2D eigenvalue weighted by atomic mass is 19.4. The maximum absolute atomic E-state index is 13.4. The maximum atomic E-state index is 13.4. The highest BCUT2D eigenvalue weighted by Crippen LogP contribution is 2.40. The molecular formula is C19H18F3NO. The molecule has 0 aromatic heterocycles. The van der Waals surface area contributed by atoms with Crippen molar-refractivity contribution in [3.8, 4) is 11.8 Å². The van der Waals surface area contributed by atoms with E-state index in [9.17, 15) is 18.4 Å². The van der Waals surface area contributed by atoms with Gasteiger partial charge in [0, 0.05) is 0 Å². The summed E-state index contributed by atoms with van der Waals surface area (Å²) < 4.78 is 45.9. The molecule has 0 aliphatic carbocycles. The van der Waals surface area contributed by atoms with Gasteiger partial charge >= 0.3 is 6.18 Å². The van der Waals surface area contributed by atoms with Gasteiger partial charge < -0.3 is 4.74 Å². The largest absolute Gasteiger partial charge is 0.489 e. The molecule has 0 amide bonds. The quantitative estimate of drug-likeness (QED) is 0.751. The summed E-state index contributed by atoms with van der Waals surface area (Å²) in [7, 11) is 0. The third-order valence-electron chi connectivity index (χ3n) is 3.81. The van der Waals surface area contributed by atoms with E-state index >= 15 is 0 Å². The molecule has 0 atom stereocenters. The fraction of sp³-hybridized carbons (Fsp3) is 0.316. The Morgan fingerprint density at radius 3 is 2.21 bits per heavy atom. The van der Waals surface area contributed by atoms with Crippen molar-refractivity contribution in [2.75, 3.05) is 0 Å². The minimum atomic E-state index is -4.55. The van der Waals surface area contributed by atoms with E-state index in [1.807, 2.05) is 36.4 Å². The highest BCUT2D eigenvalue weighted by Gasteiger charge is 2.38. The Balaban J connectivity index is 2.43. The topological polar surface area (TPSA) is 33.0 Å². The average Bonchev–Trinajstić information content (AvgIpc) is 2.53. The summed E-state index contributed by atoms with van der Waals surface area (Å²) in [5, 5.41) is 9.20. The van der Waals surface area contributed by atoms with Crippen molar-refractivity contribution in [3.63, 3.8) is 0 Å². The Morgan fingerprint density at radius 1 is 1.04 bits per heavy atom. The number of halogens is 3. The van der Waals surface area contributed by atoms with Crippen molar-refractivity contribution in [1.29, 1.82) is 5.26 Å². The zero-order valence-electron chi connectivity index (χ0n) is 13.7. The first kappa shape index (κ1) is 17.9. The van der Waals surface area contributed by atoms with Gasteiger partial charge in [0.2, 0.25) is 0 Å². The number of nitrogens with zero attached hydrogens (tertiary/aromatic N) is 1. The summed E-state index contributed by atoms with van der Waals surface area (Å²) in [4.78, 5) is 0. The summed E-state index contributed by atoms with van der Waals surface area (Å²) in [6.45, 7) is 4.81. The monoisotopic (exact) mass is 333 g/mol. The summed E-state index contributed by atoms with van der Waals surface area (Å²) in [5.41, 5.74) is -0.679. The van der Waals surface area contributed by atoms with Crippen molar-refractivity contribution < 1.29 is 17.9 Å². The van der Waals surface area contributed by atoms with E-state index in [0.29, 0.717) is 5.56 Å². The molecule has 0 radical (unpaired) electrons. The van der Waals surface area contributed by atoms with Crippen LogP contribution in [0.25, 0.3) is 0 Å². The lowest BCUT2D eigenvalue weighted by Crippen LogP contribution is -2.21. The summed E-state index contributed by atoms with van der Waals surface area (Å²) >= 11 is 0. The Kier molecular flexibility index (Phi) is 4.88. The van der Waals surface area contributed by atoms with Crippen molar-refractivity contribution >= 4 is 0 Å². The molecule has 0 heterocycles. The van der Waals surface area contributed by atoms with Gasteiger partial charge in [0.15, 0.2) is 0 Å². The van der Waals surface area contributed by atoms with Crippen LogP contribution in [-0.2, 0) is 18.2 Å². The molecule has 0 aliphatic heterocycles. The molecule has 2 rings (SSSR count). The summed E-state index contributed by atoms with van der Waals surface area (Å²) in [6, 6.07) is 13.5. The van der Waals surface area contributed by atoms with E-state index in [-0.39, 0.29) is 17.9 Å². The van der Waals surface area contributed by atoms with E-state index in [2.05, 4.69) is 0 Å². The van der Waals surface area contributed by atoms with Crippen molar-refractivity contribution in [3.05, 3.63) is 64.7 Å². The minimum Gasteiger partial charge on any atom is -0.489 e. The third-order valence-corrected chi connectivity index (χ3v) is 3.81. The lowest BCUT2D eigenvalue weighted by atomic mass is 9.82. The van der Waals surface area contributed by atoms with E-state index in [1.54, 1.807) is 6.92 Å². The van der Waals surface area contributed by atoms with Gasteiger partial charge in [0.1, 0.15) is 12.4 Å². The Bertz CT molecular complexity index is 759. The molecule has 0 N–H and O–H groups in total. The molecule has 2 aromatic carbocycles. The van der Waals surface area contributed by atoms with Crippen LogP contribution in [0, 0.1) is 18.3 Å². The highest BCUT2D eigenvalue weighted by molar-refractivity contribution is 5.48. The second kappa shape index (κ2) is 6.56. The molecule has 0 saturated heterocycles. The predicted octanol–water partition coefficient (Wildman–Crippen LogP) is 5.39. The molecule has 0 unspecified atom stereocenters. The van der Waals surface area contributed by atoms with E-state index in [4.69, 9.17) is 4.74 Å². The first-order chi connectivity index (χ1) is 11.1. The second-order valence-corrected chi connectivity index (χ2v) is 6.17. The first-order valence-corrected chi connectivity index (χ1v) is 7.45. The minimum absolute atomic E-state index is 0.0398. The first-order valence-electron chi connectivity index (χ1n) is 7.45. The van der Waals surface area contributed by atoms with E-state index < -0.39 is 17.2 Å². The Labute approximate surface area is 139 Å². The molecular weight excluding hydrogens is 315 g/mol. The van der Waals surface area contributed by atoms with Gasteiger partial charge in [0.25, 0.3) is 0 Å². The van der Waals surface area contributed by atoms with Crippen LogP contribution in [0.3, 0.4) is 0 Å². The van der Waals surface area contributed by atoms with Crippen LogP contribution in [-0.4, -0.2) is 0 Å². The third kappa shape index (κ3) is 3.88. The smallest absolute Gasteiger partial charge is 0.416 e. The number of benzene rings is 2. The Hall–Kier alpha value is -2.48. The van der Waals surface area contributed by atoms with Crippen LogP contribution in [0.15, 0.2) is 42.5 Å². The second-order valence-electron chi connectivity index (χ2n) is 6.17. The number of rotatable bonds is 4. The summed E-state index contributed by atoms with van der Waals surface area (Å²) in [5.74, 6) is 0.170. The predicted molar refractivity (Wildman–Crippen MR) is 85.6 cm³/mol. The zero-order valence-corrected chi connectivity index (χ0v) is 13.7.